The van der Waals surface area contributed by atoms with Gasteiger partial charge in [-0.25, -0.2) is 0 Å². The Bertz CT molecular complexity index is 1430. The number of aliphatic hydroxyl groups excluding tert-OH is 1. The first-order valence-corrected chi connectivity index (χ1v) is 11.4. The van der Waals surface area contributed by atoms with E-state index in [9.17, 15) is 14.7 Å². The maximum atomic E-state index is 13.5. The Morgan fingerprint density at radius 2 is 1.75 bits per heavy atom. The number of fused-ring (bicyclic) bond motifs is 1. The quantitative estimate of drug-likeness (QED) is 0.294. The number of nitrogens with zero attached hydrogens (tertiary/aromatic N) is 1. The number of methoxy groups -OCH3 is 2. The largest absolute Gasteiger partial charge is 0.507 e. The maximum Gasteiger partial charge on any atom is 0.300 e. The smallest absolute Gasteiger partial charge is 0.300 e. The predicted molar refractivity (Wildman–Crippen MR) is 133 cm³/mol. The van der Waals surface area contributed by atoms with E-state index in [-0.39, 0.29) is 18.1 Å². The topological polar surface area (TPSA) is 94.5 Å². The standard InChI is InChI=1S/C27H22ClNO7/c1-14-17(28)5-4-6-18(14)29-24(15-7-9-19(33-2)21(11-15)34-3)23(26(31)27(29)32)25(30)16-8-10-20-22(12-16)36-13-35-20/h4-12,24,30H,13H2,1-3H3/b25-23+. The Morgan fingerprint density at radius 1 is 1.00 bits per heavy atom. The number of hydrogen-bond donors (Lipinski definition) is 1. The summed E-state index contributed by atoms with van der Waals surface area (Å²) in [4.78, 5) is 28.2. The Labute approximate surface area is 212 Å². The van der Waals surface area contributed by atoms with E-state index in [0.29, 0.717) is 50.4 Å². The van der Waals surface area contributed by atoms with Gasteiger partial charge in [-0.1, -0.05) is 23.7 Å². The van der Waals surface area contributed by atoms with Gasteiger partial charge in [-0.15, -0.1) is 0 Å². The van der Waals surface area contributed by atoms with Gasteiger partial charge in [0.05, 0.1) is 25.8 Å². The van der Waals surface area contributed by atoms with Crippen molar-refractivity contribution < 1.29 is 33.6 Å². The number of rotatable bonds is 5. The Kier molecular flexibility index (Phi) is 5.97. The molecule has 9 heteroatoms. The summed E-state index contributed by atoms with van der Waals surface area (Å²) >= 11 is 6.36. The fourth-order valence-corrected chi connectivity index (χ4v) is 4.65. The van der Waals surface area contributed by atoms with Crippen molar-refractivity contribution in [2.24, 2.45) is 0 Å². The van der Waals surface area contributed by atoms with Crippen molar-refractivity contribution in [3.8, 4) is 23.0 Å². The molecule has 0 spiro atoms. The van der Waals surface area contributed by atoms with Crippen molar-refractivity contribution in [2.45, 2.75) is 13.0 Å². The van der Waals surface area contributed by atoms with E-state index in [4.69, 9.17) is 30.5 Å². The minimum atomic E-state index is -0.965. The third-order valence-electron chi connectivity index (χ3n) is 6.31. The normalized spacial score (nSPS) is 18.0. The SMILES string of the molecule is COc1ccc(C2/C(=C(\O)c3ccc4c(c3)OCO4)C(=O)C(=O)N2c2cccc(Cl)c2C)cc1OC. The predicted octanol–water partition coefficient (Wildman–Crippen LogP) is 5.02. The molecule has 2 heterocycles. The molecular formula is C27H22ClNO7. The molecule has 2 aliphatic rings. The molecule has 3 aromatic carbocycles. The van der Waals surface area contributed by atoms with Gasteiger partial charge >= 0.3 is 0 Å². The van der Waals surface area contributed by atoms with Gasteiger partial charge in [0.1, 0.15) is 5.76 Å². The number of carbonyl (C=O) groups excluding carboxylic acids is 2. The van der Waals surface area contributed by atoms with Gasteiger partial charge in [0.2, 0.25) is 6.79 Å². The number of Topliss-reactive ketones (excluding diaryl/α,β-unsaturated/α-hetero) is 1. The summed E-state index contributed by atoms with van der Waals surface area (Å²) in [6.07, 6.45) is 0. The summed E-state index contributed by atoms with van der Waals surface area (Å²) in [5.74, 6) is -0.112. The zero-order valence-electron chi connectivity index (χ0n) is 19.7. The number of anilines is 1. The average molecular weight is 508 g/mol. The molecule has 5 rings (SSSR count). The molecule has 1 fully saturated rings. The molecule has 0 aliphatic carbocycles. The molecule has 8 nitrogen and oxygen atoms in total. The molecule has 0 radical (unpaired) electrons. The van der Waals surface area contributed by atoms with Gasteiger partial charge in [-0.3, -0.25) is 14.5 Å². The van der Waals surface area contributed by atoms with Crippen LogP contribution < -0.4 is 23.8 Å². The fraction of sp³-hybridized carbons (Fsp3) is 0.185. The van der Waals surface area contributed by atoms with Crippen LogP contribution in [-0.2, 0) is 9.59 Å². The fourth-order valence-electron chi connectivity index (χ4n) is 4.48. The molecule has 3 aromatic rings. The lowest BCUT2D eigenvalue weighted by atomic mass is 9.94. The van der Waals surface area contributed by atoms with Crippen LogP contribution in [0.1, 0.15) is 22.7 Å². The number of ketones is 1. The van der Waals surface area contributed by atoms with E-state index < -0.39 is 17.7 Å². The number of aliphatic hydroxyl groups is 1. The molecule has 0 aromatic heterocycles. The Morgan fingerprint density at radius 3 is 2.50 bits per heavy atom. The van der Waals surface area contributed by atoms with E-state index >= 15 is 0 Å². The van der Waals surface area contributed by atoms with Gasteiger partial charge in [-0.2, -0.15) is 0 Å². The van der Waals surface area contributed by atoms with Gasteiger partial charge in [0.15, 0.2) is 23.0 Å². The van der Waals surface area contributed by atoms with Gasteiger partial charge < -0.3 is 24.1 Å². The van der Waals surface area contributed by atoms with Crippen molar-refractivity contribution in [1.29, 1.82) is 0 Å². The third-order valence-corrected chi connectivity index (χ3v) is 6.72. The lowest BCUT2D eigenvalue weighted by Gasteiger charge is -2.27. The second-order valence-electron chi connectivity index (χ2n) is 8.24. The second-order valence-corrected chi connectivity index (χ2v) is 8.64. The third kappa shape index (κ3) is 3.70. The van der Waals surface area contributed by atoms with Gasteiger partial charge in [-0.05, 0) is 60.5 Å². The first kappa shape index (κ1) is 23.6. The molecule has 1 N–H and O–H groups in total. The van der Waals surface area contributed by atoms with Crippen LogP contribution in [0.4, 0.5) is 5.69 Å². The highest BCUT2D eigenvalue weighted by atomic mass is 35.5. The first-order valence-electron chi connectivity index (χ1n) is 11.0. The van der Waals surface area contributed by atoms with Crippen molar-refractivity contribution in [3.63, 3.8) is 0 Å². The first-order chi connectivity index (χ1) is 17.3. The molecular weight excluding hydrogens is 486 g/mol. The van der Waals surface area contributed by atoms with E-state index in [1.807, 2.05) is 0 Å². The number of amides is 1. The van der Waals surface area contributed by atoms with Crippen molar-refractivity contribution in [1.82, 2.24) is 0 Å². The van der Waals surface area contributed by atoms with Crippen LogP contribution in [0.15, 0.2) is 60.2 Å². The van der Waals surface area contributed by atoms with Crippen LogP contribution >= 0.6 is 11.6 Å². The van der Waals surface area contributed by atoms with E-state index in [0.717, 1.165) is 0 Å². The van der Waals surface area contributed by atoms with Crippen LogP contribution in [0.5, 0.6) is 23.0 Å². The summed E-state index contributed by atoms with van der Waals surface area (Å²) in [5, 5.41) is 11.8. The summed E-state index contributed by atoms with van der Waals surface area (Å²) in [6, 6.07) is 14.0. The molecule has 184 valence electrons. The van der Waals surface area contributed by atoms with Crippen LogP contribution in [0, 0.1) is 6.92 Å². The van der Waals surface area contributed by atoms with Crippen LogP contribution in [-0.4, -0.2) is 37.8 Å². The molecule has 36 heavy (non-hydrogen) atoms. The van der Waals surface area contributed by atoms with E-state index in [1.165, 1.54) is 19.1 Å². The number of carbonyl (C=O) groups is 2. The van der Waals surface area contributed by atoms with Crippen LogP contribution in [0.25, 0.3) is 5.76 Å². The minimum Gasteiger partial charge on any atom is -0.507 e. The molecule has 1 atom stereocenters. The summed E-state index contributed by atoms with van der Waals surface area (Å²) in [6.45, 7) is 1.82. The monoisotopic (exact) mass is 507 g/mol. The molecule has 2 aliphatic heterocycles. The molecule has 1 saturated heterocycles. The van der Waals surface area contributed by atoms with E-state index in [1.54, 1.807) is 61.5 Å². The molecule has 1 unspecified atom stereocenters. The van der Waals surface area contributed by atoms with Crippen molar-refractivity contribution in [2.75, 3.05) is 25.9 Å². The molecule has 1 amide bonds. The Balaban J connectivity index is 1.75. The zero-order valence-corrected chi connectivity index (χ0v) is 20.5. The number of benzene rings is 3. The Hall–Kier alpha value is -4.17. The second kappa shape index (κ2) is 9.13. The highest BCUT2D eigenvalue weighted by Gasteiger charge is 2.47. The number of hydrogen-bond acceptors (Lipinski definition) is 7. The van der Waals surface area contributed by atoms with Crippen molar-refractivity contribution in [3.05, 3.63) is 81.9 Å². The lowest BCUT2D eigenvalue weighted by molar-refractivity contribution is -0.132. The summed E-state index contributed by atoms with van der Waals surface area (Å²) in [5.41, 5.74) is 1.84. The number of halogens is 1. The lowest BCUT2D eigenvalue weighted by Crippen LogP contribution is -2.30. The van der Waals surface area contributed by atoms with E-state index in [2.05, 4.69) is 0 Å². The minimum absolute atomic E-state index is 0.0592. The highest BCUT2D eigenvalue weighted by Crippen LogP contribution is 2.46. The van der Waals surface area contributed by atoms with Crippen molar-refractivity contribution >= 4 is 34.7 Å². The zero-order chi connectivity index (χ0) is 25.6. The summed E-state index contributed by atoms with van der Waals surface area (Å²) in [7, 11) is 3.00. The molecule has 0 saturated carbocycles. The summed E-state index contributed by atoms with van der Waals surface area (Å²) < 4.78 is 21.6. The van der Waals surface area contributed by atoms with Gasteiger partial charge in [0.25, 0.3) is 11.7 Å². The highest BCUT2D eigenvalue weighted by molar-refractivity contribution is 6.52. The maximum absolute atomic E-state index is 13.5. The van der Waals surface area contributed by atoms with Crippen LogP contribution in [0.2, 0.25) is 5.02 Å². The average Bonchev–Trinajstić information content (AvgIpc) is 3.47. The molecule has 0 bridgehead atoms. The number of ether oxygens (including phenoxy) is 4. The van der Waals surface area contributed by atoms with Gasteiger partial charge in [0, 0.05) is 16.3 Å². The van der Waals surface area contributed by atoms with Crippen LogP contribution in [0.3, 0.4) is 0 Å².